The summed E-state index contributed by atoms with van der Waals surface area (Å²) in [5.74, 6) is -0.937. The highest BCUT2D eigenvalue weighted by molar-refractivity contribution is 6.32. The van der Waals surface area contributed by atoms with Crippen LogP contribution in [0.5, 0.6) is 5.75 Å². The van der Waals surface area contributed by atoms with E-state index in [1.165, 1.54) is 7.11 Å². The molecule has 30 heavy (non-hydrogen) atoms. The maximum Gasteiger partial charge on any atom is 0.240 e. The normalized spacial score (nSPS) is 11.7. The Hall–Kier alpha value is -3.31. The van der Waals surface area contributed by atoms with Crippen LogP contribution in [0.4, 0.5) is 0 Å². The van der Waals surface area contributed by atoms with Crippen LogP contribution in [0.2, 0.25) is 5.02 Å². The van der Waals surface area contributed by atoms with Gasteiger partial charge in [0.2, 0.25) is 11.8 Å². The highest BCUT2D eigenvalue weighted by Gasteiger charge is 2.27. The molecule has 6 heteroatoms. The van der Waals surface area contributed by atoms with Gasteiger partial charge in [0.05, 0.1) is 18.1 Å². The first-order valence-corrected chi connectivity index (χ1v) is 9.89. The van der Waals surface area contributed by atoms with Gasteiger partial charge in [0, 0.05) is 6.42 Å². The average molecular weight is 423 g/mol. The molecule has 0 aliphatic rings. The van der Waals surface area contributed by atoms with Crippen LogP contribution in [-0.2, 0) is 16.0 Å². The maximum atomic E-state index is 13.3. The molecule has 0 heterocycles. The van der Waals surface area contributed by atoms with Crippen LogP contribution in [0, 0.1) is 0 Å². The minimum Gasteiger partial charge on any atom is -0.495 e. The summed E-state index contributed by atoms with van der Waals surface area (Å²) in [5.41, 5.74) is 8.02. The quantitative estimate of drug-likeness (QED) is 0.580. The smallest absolute Gasteiger partial charge is 0.240 e. The molecular formula is C24H23ClN2O3. The summed E-state index contributed by atoms with van der Waals surface area (Å²) in [4.78, 5) is 25.3. The Bertz CT molecular complexity index is 970. The van der Waals surface area contributed by atoms with Crippen LogP contribution in [0.3, 0.4) is 0 Å². The number of halogens is 1. The van der Waals surface area contributed by atoms with Crippen LogP contribution < -0.4 is 15.8 Å². The molecule has 3 N–H and O–H groups in total. The lowest BCUT2D eigenvalue weighted by Gasteiger charge is -2.22. The minimum absolute atomic E-state index is 0.223. The van der Waals surface area contributed by atoms with Gasteiger partial charge in [-0.1, -0.05) is 78.3 Å². The fourth-order valence-corrected chi connectivity index (χ4v) is 3.62. The average Bonchev–Trinajstić information content (AvgIpc) is 2.75. The van der Waals surface area contributed by atoms with Crippen molar-refractivity contribution in [3.8, 4) is 5.75 Å². The van der Waals surface area contributed by atoms with E-state index in [9.17, 15) is 9.59 Å². The number of amides is 2. The van der Waals surface area contributed by atoms with E-state index < -0.39 is 17.9 Å². The van der Waals surface area contributed by atoms with Gasteiger partial charge in [-0.05, 0) is 28.8 Å². The van der Waals surface area contributed by atoms with Gasteiger partial charge in [-0.2, -0.15) is 0 Å². The van der Waals surface area contributed by atoms with Gasteiger partial charge in [0.1, 0.15) is 11.8 Å². The minimum atomic E-state index is -0.878. The standard InChI is InChI=1S/C24H23ClN2O3/c1-30-21-13-12-16(14-19(21)25)15-20(23(26)28)27-24(29)22(17-8-4-2-5-9-17)18-10-6-3-7-11-18/h2-14,20,22H,15H2,1H3,(H2,26,28)(H,27,29)/t20-/m0/s1. The molecule has 0 aromatic heterocycles. The predicted octanol–water partition coefficient (Wildman–Crippen LogP) is 3.69. The fourth-order valence-electron chi connectivity index (χ4n) is 3.34. The molecule has 0 aliphatic carbocycles. The molecule has 0 bridgehead atoms. The molecule has 3 aromatic carbocycles. The van der Waals surface area contributed by atoms with Crippen molar-refractivity contribution in [3.63, 3.8) is 0 Å². The summed E-state index contributed by atoms with van der Waals surface area (Å²) in [6.07, 6.45) is 0.223. The molecule has 1 atom stereocenters. The highest BCUT2D eigenvalue weighted by Crippen LogP contribution is 2.27. The largest absolute Gasteiger partial charge is 0.495 e. The van der Waals surface area contributed by atoms with Crippen LogP contribution in [0.15, 0.2) is 78.9 Å². The lowest BCUT2D eigenvalue weighted by atomic mass is 9.90. The van der Waals surface area contributed by atoms with Crippen molar-refractivity contribution in [2.24, 2.45) is 5.73 Å². The molecule has 154 valence electrons. The Kier molecular flexibility index (Phi) is 7.09. The lowest BCUT2D eigenvalue weighted by molar-refractivity contribution is -0.127. The molecule has 0 spiro atoms. The predicted molar refractivity (Wildman–Crippen MR) is 118 cm³/mol. The van der Waals surface area contributed by atoms with E-state index in [1.54, 1.807) is 18.2 Å². The van der Waals surface area contributed by atoms with Crippen LogP contribution >= 0.6 is 11.6 Å². The molecule has 3 aromatic rings. The summed E-state index contributed by atoms with van der Waals surface area (Å²) < 4.78 is 5.15. The topological polar surface area (TPSA) is 81.4 Å². The number of methoxy groups -OCH3 is 1. The summed E-state index contributed by atoms with van der Waals surface area (Å²) in [6, 6.07) is 23.2. The van der Waals surface area contributed by atoms with E-state index in [1.807, 2.05) is 60.7 Å². The van der Waals surface area contributed by atoms with E-state index >= 15 is 0 Å². The molecule has 3 rings (SSSR count). The van der Waals surface area contributed by atoms with Gasteiger partial charge in [-0.15, -0.1) is 0 Å². The number of hydrogen-bond donors (Lipinski definition) is 2. The monoisotopic (exact) mass is 422 g/mol. The molecule has 0 saturated heterocycles. The van der Waals surface area contributed by atoms with Crippen molar-refractivity contribution in [2.45, 2.75) is 18.4 Å². The molecule has 2 amide bonds. The van der Waals surface area contributed by atoms with E-state index in [2.05, 4.69) is 5.32 Å². The number of primary amides is 1. The zero-order valence-corrected chi connectivity index (χ0v) is 17.3. The number of carbonyl (C=O) groups excluding carboxylic acids is 2. The van der Waals surface area contributed by atoms with Crippen molar-refractivity contribution in [2.75, 3.05) is 7.11 Å². The molecule has 0 saturated carbocycles. The Morgan fingerprint density at radius 3 is 2.00 bits per heavy atom. The molecule has 0 aliphatic heterocycles. The van der Waals surface area contributed by atoms with Gasteiger partial charge in [0.25, 0.3) is 0 Å². The third kappa shape index (κ3) is 5.19. The van der Waals surface area contributed by atoms with Gasteiger partial charge < -0.3 is 15.8 Å². The van der Waals surface area contributed by atoms with Crippen molar-refractivity contribution in [1.82, 2.24) is 5.32 Å². The van der Waals surface area contributed by atoms with Crippen LogP contribution in [0.1, 0.15) is 22.6 Å². The van der Waals surface area contributed by atoms with Crippen LogP contribution in [0.25, 0.3) is 0 Å². The number of benzene rings is 3. The second-order valence-corrected chi connectivity index (χ2v) is 7.30. The summed E-state index contributed by atoms with van der Waals surface area (Å²) in [6.45, 7) is 0. The number of carbonyl (C=O) groups is 2. The number of nitrogens with one attached hydrogen (secondary N) is 1. The summed E-state index contributed by atoms with van der Waals surface area (Å²) in [5, 5.41) is 3.25. The molecule has 5 nitrogen and oxygen atoms in total. The van der Waals surface area contributed by atoms with Crippen molar-refractivity contribution in [3.05, 3.63) is 101 Å². The Labute approximate surface area is 180 Å². The molecular weight excluding hydrogens is 400 g/mol. The Balaban J connectivity index is 1.85. The summed E-state index contributed by atoms with van der Waals surface area (Å²) >= 11 is 6.18. The Morgan fingerprint density at radius 2 is 1.53 bits per heavy atom. The second kappa shape index (κ2) is 9.94. The van der Waals surface area contributed by atoms with Crippen molar-refractivity contribution < 1.29 is 14.3 Å². The van der Waals surface area contributed by atoms with Gasteiger partial charge in [-0.3, -0.25) is 9.59 Å². The van der Waals surface area contributed by atoms with Crippen molar-refractivity contribution in [1.29, 1.82) is 0 Å². The van der Waals surface area contributed by atoms with Crippen LogP contribution in [-0.4, -0.2) is 25.0 Å². The maximum absolute atomic E-state index is 13.3. The number of nitrogens with two attached hydrogens (primary N) is 1. The van der Waals surface area contributed by atoms with E-state index in [4.69, 9.17) is 22.1 Å². The van der Waals surface area contributed by atoms with E-state index in [0.717, 1.165) is 16.7 Å². The Morgan fingerprint density at radius 1 is 0.967 bits per heavy atom. The number of hydrogen-bond acceptors (Lipinski definition) is 3. The first-order valence-electron chi connectivity index (χ1n) is 9.51. The first kappa shape index (κ1) is 21.4. The zero-order valence-electron chi connectivity index (χ0n) is 16.5. The lowest BCUT2D eigenvalue weighted by Crippen LogP contribution is -2.47. The van der Waals surface area contributed by atoms with Crippen molar-refractivity contribution >= 4 is 23.4 Å². The molecule has 0 radical (unpaired) electrons. The second-order valence-electron chi connectivity index (χ2n) is 6.89. The van der Waals surface area contributed by atoms with E-state index in [0.29, 0.717) is 10.8 Å². The number of rotatable bonds is 8. The SMILES string of the molecule is COc1ccc(C[C@H](NC(=O)C(c2ccccc2)c2ccccc2)C(N)=O)cc1Cl. The molecule has 0 fully saturated rings. The van der Waals surface area contributed by atoms with Gasteiger partial charge in [-0.25, -0.2) is 0 Å². The zero-order chi connectivity index (χ0) is 21.5. The fraction of sp³-hybridized carbons (Fsp3) is 0.167. The molecule has 0 unspecified atom stereocenters. The first-order chi connectivity index (χ1) is 14.5. The van der Waals surface area contributed by atoms with Gasteiger partial charge >= 0.3 is 0 Å². The highest BCUT2D eigenvalue weighted by atomic mass is 35.5. The third-order valence-corrected chi connectivity index (χ3v) is 5.14. The third-order valence-electron chi connectivity index (χ3n) is 4.84. The van der Waals surface area contributed by atoms with E-state index in [-0.39, 0.29) is 12.3 Å². The number of ether oxygens (including phenoxy) is 1. The summed E-state index contributed by atoms with van der Waals surface area (Å²) in [7, 11) is 1.53. The van der Waals surface area contributed by atoms with Gasteiger partial charge in [0.15, 0.2) is 0 Å².